The third-order valence-electron chi connectivity index (χ3n) is 3.86. The Morgan fingerprint density at radius 1 is 1.24 bits per heavy atom. The van der Waals surface area contributed by atoms with Crippen molar-refractivity contribution < 1.29 is 18.1 Å². The lowest BCUT2D eigenvalue weighted by Crippen LogP contribution is -2.44. The number of piperidine rings is 1. The maximum absolute atomic E-state index is 12.8. The Morgan fingerprint density at radius 2 is 2.04 bits per heavy atom. The van der Waals surface area contributed by atoms with Gasteiger partial charge in [0.2, 0.25) is 15.9 Å². The zero-order chi connectivity index (χ0) is 17.9. The van der Waals surface area contributed by atoms with E-state index >= 15 is 0 Å². The van der Waals surface area contributed by atoms with Crippen LogP contribution in [0.5, 0.6) is 5.88 Å². The van der Waals surface area contributed by atoms with Gasteiger partial charge in [-0.1, -0.05) is 12.1 Å². The van der Waals surface area contributed by atoms with Crippen molar-refractivity contribution in [2.24, 2.45) is 0 Å². The van der Waals surface area contributed by atoms with Gasteiger partial charge in [-0.2, -0.15) is 9.40 Å². The number of sulfonamides is 1. The summed E-state index contributed by atoms with van der Waals surface area (Å²) in [7, 11) is -3.99. The molecule has 0 spiro atoms. The molecule has 2 heterocycles. The van der Waals surface area contributed by atoms with Gasteiger partial charge >= 0.3 is 0 Å². The van der Waals surface area contributed by atoms with Crippen LogP contribution >= 0.6 is 0 Å². The first-order valence-electron chi connectivity index (χ1n) is 7.66. The molecule has 3 rings (SSSR count). The molecule has 1 aliphatic rings. The Bertz CT molecular complexity index is 859. The number of nitro groups is 1. The Balaban J connectivity index is 1.82. The molecule has 2 aromatic rings. The van der Waals surface area contributed by atoms with Crippen molar-refractivity contribution in [3.05, 3.63) is 52.7 Å². The molecule has 25 heavy (non-hydrogen) atoms. The van der Waals surface area contributed by atoms with Crippen LogP contribution in [0.15, 0.2) is 47.5 Å². The first-order chi connectivity index (χ1) is 12.0. The van der Waals surface area contributed by atoms with Crippen LogP contribution in [0.2, 0.25) is 0 Å². The number of hydrogen-bond donors (Lipinski definition) is 0. The van der Waals surface area contributed by atoms with Crippen molar-refractivity contribution in [2.45, 2.75) is 23.8 Å². The van der Waals surface area contributed by atoms with Gasteiger partial charge < -0.3 is 4.74 Å². The molecule has 0 radical (unpaired) electrons. The number of nitro benzene ring substituents is 1. The lowest BCUT2D eigenvalue weighted by Gasteiger charge is -2.31. The Kier molecular flexibility index (Phi) is 4.91. The van der Waals surface area contributed by atoms with Crippen LogP contribution < -0.4 is 4.74 Å². The topological polar surface area (TPSA) is 116 Å². The monoisotopic (exact) mass is 364 g/mol. The molecule has 132 valence electrons. The average molecular weight is 364 g/mol. The van der Waals surface area contributed by atoms with Crippen molar-refractivity contribution >= 4 is 15.7 Å². The van der Waals surface area contributed by atoms with Crippen molar-refractivity contribution in [3.8, 4) is 5.88 Å². The Morgan fingerprint density at radius 3 is 2.76 bits per heavy atom. The molecule has 0 amide bonds. The zero-order valence-corrected chi connectivity index (χ0v) is 14.0. The molecule has 0 N–H and O–H groups in total. The molecule has 0 aliphatic carbocycles. The number of para-hydroxylation sites is 1. The number of hydrogen-bond acceptors (Lipinski definition) is 7. The molecule has 1 saturated heterocycles. The summed E-state index contributed by atoms with van der Waals surface area (Å²) in [6.45, 7) is 0.389. The summed E-state index contributed by atoms with van der Waals surface area (Å²) < 4.78 is 32.6. The van der Waals surface area contributed by atoms with Gasteiger partial charge in [0, 0.05) is 24.9 Å². The first kappa shape index (κ1) is 17.2. The van der Waals surface area contributed by atoms with Crippen LogP contribution in [0.3, 0.4) is 0 Å². The molecule has 1 aromatic carbocycles. The number of rotatable bonds is 5. The maximum Gasteiger partial charge on any atom is 0.289 e. The molecule has 1 aromatic heterocycles. The van der Waals surface area contributed by atoms with Gasteiger partial charge in [0.15, 0.2) is 4.90 Å². The van der Waals surface area contributed by atoms with E-state index in [1.54, 1.807) is 12.1 Å². The Hall–Kier alpha value is -2.59. The predicted molar refractivity (Wildman–Crippen MR) is 87.5 cm³/mol. The average Bonchev–Trinajstić information content (AvgIpc) is 2.63. The second kappa shape index (κ2) is 7.11. The van der Waals surface area contributed by atoms with E-state index < -0.39 is 20.6 Å². The smallest absolute Gasteiger partial charge is 0.289 e. The van der Waals surface area contributed by atoms with Gasteiger partial charge in [-0.3, -0.25) is 10.1 Å². The summed E-state index contributed by atoms with van der Waals surface area (Å²) in [5.74, 6) is 0.317. The number of benzene rings is 1. The molecule has 1 unspecified atom stereocenters. The molecule has 1 atom stereocenters. The quantitative estimate of drug-likeness (QED) is 0.584. The van der Waals surface area contributed by atoms with E-state index in [1.165, 1.54) is 34.8 Å². The highest BCUT2D eigenvalue weighted by molar-refractivity contribution is 7.89. The largest absolute Gasteiger partial charge is 0.472 e. The summed E-state index contributed by atoms with van der Waals surface area (Å²) >= 11 is 0. The van der Waals surface area contributed by atoms with Crippen LogP contribution in [-0.2, 0) is 10.0 Å². The van der Waals surface area contributed by atoms with Gasteiger partial charge in [0.05, 0.1) is 11.5 Å². The molecule has 0 saturated carbocycles. The molecular weight excluding hydrogens is 348 g/mol. The van der Waals surface area contributed by atoms with Crippen LogP contribution in [0.25, 0.3) is 0 Å². The normalized spacial score (nSPS) is 18.6. The van der Waals surface area contributed by atoms with Crippen LogP contribution in [0.4, 0.5) is 5.69 Å². The molecular formula is C15H16N4O5S. The molecule has 1 fully saturated rings. The van der Waals surface area contributed by atoms with E-state index in [0.29, 0.717) is 18.7 Å². The Labute approximate surface area is 144 Å². The highest BCUT2D eigenvalue weighted by Gasteiger charge is 2.35. The summed E-state index contributed by atoms with van der Waals surface area (Å²) in [4.78, 5) is 10.1. The van der Waals surface area contributed by atoms with Crippen molar-refractivity contribution in [3.63, 3.8) is 0 Å². The van der Waals surface area contributed by atoms with Gasteiger partial charge in [-0.25, -0.2) is 8.42 Å². The van der Waals surface area contributed by atoms with Crippen LogP contribution in [0.1, 0.15) is 12.8 Å². The van der Waals surface area contributed by atoms with E-state index in [9.17, 15) is 18.5 Å². The lowest BCUT2D eigenvalue weighted by atomic mass is 10.1. The number of nitrogens with zero attached hydrogens (tertiary/aromatic N) is 4. The third-order valence-corrected chi connectivity index (χ3v) is 5.77. The minimum absolute atomic E-state index is 0.102. The second-order valence-electron chi connectivity index (χ2n) is 5.53. The second-order valence-corrected chi connectivity index (χ2v) is 7.44. The van der Waals surface area contributed by atoms with Crippen LogP contribution in [-0.4, -0.2) is 47.0 Å². The van der Waals surface area contributed by atoms with E-state index in [-0.39, 0.29) is 24.1 Å². The molecule has 1 aliphatic heterocycles. The first-order valence-corrected chi connectivity index (χ1v) is 9.10. The fraction of sp³-hybridized carbons (Fsp3) is 0.333. The summed E-state index contributed by atoms with van der Waals surface area (Å²) in [6, 6.07) is 8.66. The number of ether oxygens (including phenoxy) is 1. The maximum atomic E-state index is 12.8. The van der Waals surface area contributed by atoms with E-state index in [1.807, 2.05) is 0 Å². The van der Waals surface area contributed by atoms with Crippen molar-refractivity contribution in [1.82, 2.24) is 14.5 Å². The van der Waals surface area contributed by atoms with Gasteiger partial charge in [0.1, 0.15) is 6.10 Å². The van der Waals surface area contributed by atoms with Gasteiger partial charge in [-0.15, -0.1) is 5.10 Å². The predicted octanol–water partition coefficient (Wildman–Crippen LogP) is 1.62. The molecule has 10 heteroatoms. The highest BCUT2D eigenvalue weighted by atomic mass is 32.2. The highest BCUT2D eigenvalue weighted by Crippen LogP contribution is 2.28. The third kappa shape index (κ3) is 3.74. The van der Waals surface area contributed by atoms with Crippen molar-refractivity contribution in [1.29, 1.82) is 0 Å². The summed E-state index contributed by atoms with van der Waals surface area (Å²) in [5, 5.41) is 18.7. The van der Waals surface area contributed by atoms with Gasteiger partial charge in [0.25, 0.3) is 5.69 Å². The fourth-order valence-corrected chi connectivity index (χ4v) is 4.37. The SMILES string of the molecule is O=[N+]([O-])c1ccccc1S(=O)(=O)N1CCCC(Oc2cccnn2)C1. The van der Waals surface area contributed by atoms with E-state index in [0.717, 1.165) is 0 Å². The van der Waals surface area contributed by atoms with Crippen molar-refractivity contribution in [2.75, 3.05) is 13.1 Å². The zero-order valence-electron chi connectivity index (χ0n) is 13.2. The summed E-state index contributed by atoms with van der Waals surface area (Å²) in [5.41, 5.74) is -0.431. The number of aromatic nitrogens is 2. The minimum Gasteiger partial charge on any atom is -0.472 e. The lowest BCUT2D eigenvalue weighted by molar-refractivity contribution is -0.387. The van der Waals surface area contributed by atoms with Gasteiger partial charge in [-0.05, 0) is 25.0 Å². The minimum atomic E-state index is -3.99. The fourth-order valence-electron chi connectivity index (χ4n) is 2.71. The standard InChI is InChI=1S/C15H16N4O5S/c20-19(21)13-6-1-2-7-14(13)25(22,23)18-10-4-5-12(11-18)24-15-8-3-9-16-17-15/h1-3,6-9,12H,4-5,10-11H2. The molecule has 0 bridgehead atoms. The van der Waals surface area contributed by atoms with E-state index in [4.69, 9.17) is 4.74 Å². The van der Waals surface area contributed by atoms with Crippen LogP contribution in [0, 0.1) is 10.1 Å². The summed E-state index contributed by atoms with van der Waals surface area (Å²) in [6.07, 6.45) is 2.38. The van der Waals surface area contributed by atoms with E-state index in [2.05, 4.69) is 10.2 Å². The molecule has 9 nitrogen and oxygen atoms in total.